The Morgan fingerprint density at radius 1 is 1.41 bits per heavy atom. The quantitative estimate of drug-likeness (QED) is 0.733. The third-order valence-corrected chi connectivity index (χ3v) is 2.63. The summed E-state index contributed by atoms with van der Waals surface area (Å²) in [5, 5.41) is 6.38. The van der Waals surface area contributed by atoms with Gasteiger partial charge in [-0.1, -0.05) is 6.08 Å². The van der Waals surface area contributed by atoms with Crippen LogP contribution in [-0.4, -0.2) is 35.8 Å². The van der Waals surface area contributed by atoms with Crippen LogP contribution in [0.5, 0.6) is 0 Å². The van der Waals surface area contributed by atoms with E-state index < -0.39 is 0 Å². The molecule has 0 spiro atoms. The zero-order valence-corrected chi connectivity index (χ0v) is 9.85. The number of nitrogens with one attached hydrogen (secondary N) is 2. The Balaban J connectivity index is 1.84. The van der Waals surface area contributed by atoms with Crippen LogP contribution in [0.4, 0.5) is 11.6 Å². The number of aromatic nitrogens is 2. The van der Waals surface area contributed by atoms with Gasteiger partial charge in [-0.3, -0.25) is 0 Å². The second kappa shape index (κ2) is 6.20. The molecule has 0 aliphatic carbocycles. The van der Waals surface area contributed by atoms with Crippen LogP contribution in [0.15, 0.2) is 25.0 Å². The lowest BCUT2D eigenvalue weighted by Crippen LogP contribution is -2.19. The summed E-state index contributed by atoms with van der Waals surface area (Å²) in [6, 6.07) is 1.89. The summed E-state index contributed by atoms with van der Waals surface area (Å²) < 4.78 is 5.54. The first-order chi connectivity index (χ1) is 8.38. The predicted molar refractivity (Wildman–Crippen MR) is 68.2 cm³/mol. The van der Waals surface area contributed by atoms with E-state index >= 15 is 0 Å². The molecule has 2 heterocycles. The molecule has 2 N–H and O–H groups in total. The van der Waals surface area contributed by atoms with Crippen LogP contribution in [-0.2, 0) is 4.74 Å². The van der Waals surface area contributed by atoms with E-state index in [-0.39, 0.29) is 0 Å². The summed E-state index contributed by atoms with van der Waals surface area (Å²) in [5.74, 6) is 1.62. The highest BCUT2D eigenvalue weighted by Gasteiger charge is 2.14. The Bertz CT molecular complexity index is 363. The van der Waals surface area contributed by atoms with Gasteiger partial charge in [0.2, 0.25) is 0 Å². The molecule has 2 rings (SSSR count). The van der Waals surface area contributed by atoms with Gasteiger partial charge in [0.15, 0.2) is 0 Å². The summed E-state index contributed by atoms with van der Waals surface area (Å²) in [6.07, 6.45) is 5.93. The topological polar surface area (TPSA) is 59.1 Å². The van der Waals surface area contributed by atoms with Crippen molar-refractivity contribution in [3.05, 3.63) is 25.0 Å². The molecule has 1 fully saturated rings. The van der Waals surface area contributed by atoms with Crippen LogP contribution in [0, 0.1) is 0 Å². The molecule has 0 amide bonds. The molecule has 0 bridgehead atoms. The monoisotopic (exact) mass is 234 g/mol. The summed E-state index contributed by atoms with van der Waals surface area (Å²) in [7, 11) is 0. The molecule has 1 unspecified atom stereocenters. The molecule has 0 radical (unpaired) electrons. The molecular formula is C12H18N4O. The molecule has 1 atom stereocenters. The molecule has 1 aliphatic rings. The second-order valence-corrected chi connectivity index (χ2v) is 3.97. The highest BCUT2D eigenvalue weighted by Crippen LogP contribution is 2.13. The minimum Gasteiger partial charge on any atom is -0.376 e. The molecule has 0 saturated carbocycles. The molecule has 0 aromatic carbocycles. The van der Waals surface area contributed by atoms with Crippen molar-refractivity contribution in [3.63, 3.8) is 0 Å². The maximum absolute atomic E-state index is 5.54. The maximum Gasteiger partial charge on any atom is 0.131 e. The van der Waals surface area contributed by atoms with Gasteiger partial charge in [0, 0.05) is 25.8 Å². The van der Waals surface area contributed by atoms with Crippen molar-refractivity contribution in [2.45, 2.75) is 18.9 Å². The largest absolute Gasteiger partial charge is 0.376 e. The van der Waals surface area contributed by atoms with Crippen LogP contribution in [0.25, 0.3) is 0 Å². The molecule has 5 heteroatoms. The number of hydrogen-bond donors (Lipinski definition) is 2. The summed E-state index contributed by atoms with van der Waals surface area (Å²) in [4.78, 5) is 8.28. The minimum atomic E-state index is 0.314. The van der Waals surface area contributed by atoms with Gasteiger partial charge in [0.1, 0.15) is 18.0 Å². The Morgan fingerprint density at radius 2 is 2.24 bits per heavy atom. The summed E-state index contributed by atoms with van der Waals surface area (Å²) in [6.45, 7) is 6.03. The van der Waals surface area contributed by atoms with E-state index in [1.807, 2.05) is 6.07 Å². The van der Waals surface area contributed by atoms with E-state index in [1.54, 1.807) is 12.4 Å². The average Bonchev–Trinajstić information content (AvgIpc) is 2.87. The zero-order valence-electron chi connectivity index (χ0n) is 9.85. The van der Waals surface area contributed by atoms with Crippen LogP contribution in [0.2, 0.25) is 0 Å². The summed E-state index contributed by atoms with van der Waals surface area (Å²) >= 11 is 0. The lowest BCUT2D eigenvalue weighted by Gasteiger charge is -2.11. The average molecular weight is 234 g/mol. The van der Waals surface area contributed by atoms with Crippen molar-refractivity contribution in [1.82, 2.24) is 9.97 Å². The molecular weight excluding hydrogens is 216 g/mol. The van der Waals surface area contributed by atoms with E-state index in [9.17, 15) is 0 Å². The van der Waals surface area contributed by atoms with Crippen molar-refractivity contribution in [2.75, 3.05) is 30.3 Å². The van der Waals surface area contributed by atoms with Gasteiger partial charge >= 0.3 is 0 Å². The van der Waals surface area contributed by atoms with E-state index in [1.165, 1.54) is 0 Å². The van der Waals surface area contributed by atoms with E-state index in [0.717, 1.165) is 37.6 Å². The van der Waals surface area contributed by atoms with E-state index in [0.29, 0.717) is 12.6 Å². The zero-order chi connectivity index (χ0) is 11.9. The lowest BCUT2D eigenvalue weighted by molar-refractivity contribution is 0.120. The van der Waals surface area contributed by atoms with E-state index in [2.05, 4.69) is 27.2 Å². The number of anilines is 2. The van der Waals surface area contributed by atoms with Crippen LogP contribution < -0.4 is 10.6 Å². The van der Waals surface area contributed by atoms with Crippen molar-refractivity contribution < 1.29 is 4.74 Å². The van der Waals surface area contributed by atoms with Crippen molar-refractivity contribution in [3.8, 4) is 0 Å². The SMILES string of the molecule is C=CCNc1cc(NCC2CCCO2)ncn1. The highest BCUT2D eigenvalue weighted by molar-refractivity contribution is 5.46. The molecule has 92 valence electrons. The molecule has 1 saturated heterocycles. The first-order valence-electron chi connectivity index (χ1n) is 5.91. The van der Waals surface area contributed by atoms with Gasteiger partial charge in [-0.05, 0) is 12.8 Å². The van der Waals surface area contributed by atoms with Crippen molar-refractivity contribution >= 4 is 11.6 Å². The molecule has 1 aliphatic heterocycles. The van der Waals surface area contributed by atoms with Crippen LogP contribution in [0.3, 0.4) is 0 Å². The summed E-state index contributed by atoms with van der Waals surface area (Å²) in [5.41, 5.74) is 0. The lowest BCUT2D eigenvalue weighted by atomic mass is 10.2. The van der Waals surface area contributed by atoms with Crippen LogP contribution in [0.1, 0.15) is 12.8 Å². The fourth-order valence-corrected chi connectivity index (χ4v) is 1.75. The van der Waals surface area contributed by atoms with Crippen molar-refractivity contribution in [1.29, 1.82) is 0 Å². The number of nitrogens with zero attached hydrogens (tertiary/aromatic N) is 2. The smallest absolute Gasteiger partial charge is 0.131 e. The second-order valence-electron chi connectivity index (χ2n) is 3.97. The maximum atomic E-state index is 5.54. The van der Waals surface area contributed by atoms with Gasteiger partial charge in [-0.15, -0.1) is 6.58 Å². The Kier molecular flexibility index (Phi) is 4.32. The Hall–Kier alpha value is -1.62. The molecule has 1 aromatic heterocycles. The normalized spacial score (nSPS) is 18.9. The van der Waals surface area contributed by atoms with Gasteiger partial charge in [-0.2, -0.15) is 0 Å². The number of hydrogen-bond acceptors (Lipinski definition) is 5. The standard InChI is InChI=1S/C12H18N4O/c1-2-5-13-11-7-12(16-9-15-11)14-8-10-4-3-6-17-10/h2,7,9-10H,1,3-6,8H2,(H2,13,14,15,16). The molecule has 17 heavy (non-hydrogen) atoms. The number of ether oxygens (including phenoxy) is 1. The van der Waals surface area contributed by atoms with Gasteiger partial charge in [0.25, 0.3) is 0 Å². The first-order valence-corrected chi connectivity index (χ1v) is 5.91. The van der Waals surface area contributed by atoms with Crippen LogP contribution >= 0.6 is 0 Å². The Labute approximate surface area is 101 Å². The van der Waals surface area contributed by atoms with Crippen molar-refractivity contribution in [2.24, 2.45) is 0 Å². The fourth-order valence-electron chi connectivity index (χ4n) is 1.75. The number of rotatable bonds is 6. The highest BCUT2D eigenvalue weighted by atomic mass is 16.5. The van der Waals surface area contributed by atoms with E-state index in [4.69, 9.17) is 4.74 Å². The molecule has 5 nitrogen and oxygen atoms in total. The first kappa shape index (κ1) is 11.9. The van der Waals surface area contributed by atoms with Gasteiger partial charge in [0.05, 0.1) is 6.10 Å². The minimum absolute atomic E-state index is 0.314. The fraction of sp³-hybridized carbons (Fsp3) is 0.500. The predicted octanol–water partition coefficient (Wildman–Crippen LogP) is 1.67. The third-order valence-electron chi connectivity index (χ3n) is 2.63. The van der Waals surface area contributed by atoms with Gasteiger partial charge in [-0.25, -0.2) is 9.97 Å². The Morgan fingerprint density at radius 3 is 2.94 bits per heavy atom. The third kappa shape index (κ3) is 3.71. The van der Waals surface area contributed by atoms with Gasteiger partial charge < -0.3 is 15.4 Å². The molecule has 1 aromatic rings.